The van der Waals surface area contributed by atoms with Gasteiger partial charge >= 0.3 is 0 Å². The zero-order valence-corrected chi connectivity index (χ0v) is 23.8. The minimum atomic E-state index is -0.152. The maximum absolute atomic E-state index is 10.4. The Hall–Kier alpha value is -4.02. The van der Waals surface area contributed by atoms with Crippen molar-refractivity contribution >= 4 is 22.8 Å². The first-order chi connectivity index (χ1) is 20.1. The largest absolute Gasteiger partial charge is 0.507 e. The van der Waals surface area contributed by atoms with E-state index in [0.29, 0.717) is 40.7 Å². The first-order valence-corrected chi connectivity index (χ1v) is 14.4. The van der Waals surface area contributed by atoms with Crippen molar-refractivity contribution in [1.29, 1.82) is 0 Å². The summed E-state index contributed by atoms with van der Waals surface area (Å²) in [5, 5.41) is 27.0. The van der Waals surface area contributed by atoms with Crippen LogP contribution < -0.4 is 15.4 Å². The van der Waals surface area contributed by atoms with Gasteiger partial charge in [0.2, 0.25) is 5.95 Å². The summed E-state index contributed by atoms with van der Waals surface area (Å²) in [7, 11) is 1.56. The molecule has 0 bridgehead atoms. The van der Waals surface area contributed by atoms with Crippen molar-refractivity contribution in [2.45, 2.75) is 58.2 Å². The Bertz CT molecular complexity index is 1440. The second-order valence-electron chi connectivity index (χ2n) is 10.5. The number of hydrogen-bond acceptors (Lipinski definition) is 10. The number of aromatic hydroxyl groups is 1. The van der Waals surface area contributed by atoms with E-state index >= 15 is 0 Å². The third-order valence-corrected chi connectivity index (χ3v) is 7.48. The minimum Gasteiger partial charge on any atom is -0.507 e. The van der Waals surface area contributed by atoms with Gasteiger partial charge < -0.3 is 25.6 Å². The summed E-state index contributed by atoms with van der Waals surface area (Å²) in [5.74, 6) is 1.65. The van der Waals surface area contributed by atoms with E-state index in [2.05, 4.69) is 34.6 Å². The van der Waals surface area contributed by atoms with E-state index < -0.39 is 0 Å². The third kappa shape index (κ3) is 7.20. The normalized spacial score (nSPS) is 14.3. The molecular formula is C31H39N7O3. The second kappa shape index (κ2) is 13.6. The van der Waals surface area contributed by atoms with Crippen LogP contribution in [0.1, 0.15) is 50.3 Å². The van der Waals surface area contributed by atoms with Crippen LogP contribution in [0.25, 0.3) is 22.2 Å². The summed E-state index contributed by atoms with van der Waals surface area (Å²) < 4.78 is 5.19. The number of pyridine rings is 2. The molecule has 0 amide bonds. The van der Waals surface area contributed by atoms with Crippen molar-refractivity contribution in [3.8, 4) is 22.6 Å². The number of anilines is 2. The molecule has 1 atom stereocenters. The van der Waals surface area contributed by atoms with Crippen molar-refractivity contribution in [3.05, 3.63) is 60.0 Å². The second-order valence-corrected chi connectivity index (χ2v) is 10.5. The molecule has 5 rings (SSSR count). The summed E-state index contributed by atoms with van der Waals surface area (Å²) in [5.41, 5.74) is 4.91. The molecule has 1 saturated heterocycles. The monoisotopic (exact) mass is 557 g/mol. The molecule has 10 nitrogen and oxygen atoms in total. The number of aliphatic hydroxyl groups is 1. The summed E-state index contributed by atoms with van der Waals surface area (Å²) in [4.78, 5) is 21.4. The molecule has 1 fully saturated rings. The molecule has 1 aliphatic heterocycles. The Kier molecular flexibility index (Phi) is 9.43. The highest BCUT2D eigenvalue weighted by atomic mass is 16.5. The highest BCUT2D eigenvalue weighted by molar-refractivity contribution is 5.89. The number of likely N-dealkylation sites (tertiary alicyclic amines) is 1. The van der Waals surface area contributed by atoms with Crippen LogP contribution in [-0.4, -0.2) is 67.9 Å². The zero-order valence-electron chi connectivity index (χ0n) is 23.8. The van der Waals surface area contributed by atoms with Crippen LogP contribution in [0.5, 0.6) is 11.5 Å². The smallest absolute Gasteiger partial charge is 0.225 e. The fraction of sp³-hybridized carbons (Fsp3) is 0.419. The van der Waals surface area contributed by atoms with Crippen molar-refractivity contribution in [3.63, 3.8) is 0 Å². The van der Waals surface area contributed by atoms with Gasteiger partial charge in [0.05, 0.1) is 31.0 Å². The van der Waals surface area contributed by atoms with E-state index in [-0.39, 0.29) is 18.4 Å². The van der Waals surface area contributed by atoms with Crippen molar-refractivity contribution in [1.82, 2.24) is 24.8 Å². The first kappa shape index (κ1) is 28.5. The van der Waals surface area contributed by atoms with Gasteiger partial charge in [0.1, 0.15) is 17.0 Å². The van der Waals surface area contributed by atoms with Gasteiger partial charge in [-0.3, -0.25) is 14.9 Å². The lowest BCUT2D eigenvalue weighted by molar-refractivity contribution is 0.267. The lowest BCUT2D eigenvalue weighted by Crippen LogP contribution is -2.25. The zero-order chi connectivity index (χ0) is 28.6. The number of ether oxygens (including phenoxy) is 1. The number of methoxy groups -OCH3 is 1. The lowest BCUT2D eigenvalue weighted by Gasteiger charge is -2.18. The maximum atomic E-state index is 10.4. The van der Waals surface area contributed by atoms with Crippen LogP contribution in [0.2, 0.25) is 0 Å². The van der Waals surface area contributed by atoms with Crippen LogP contribution in [0.4, 0.5) is 11.8 Å². The number of rotatable bonds is 13. The molecule has 0 saturated carbocycles. The van der Waals surface area contributed by atoms with Crippen molar-refractivity contribution in [2.24, 2.45) is 0 Å². The Morgan fingerprint density at radius 3 is 2.56 bits per heavy atom. The highest BCUT2D eigenvalue weighted by Crippen LogP contribution is 2.28. The number of fused-ring (bicyclic) bond motifs is 1. The molecule has 1 aliphatic rings. The molecule has 41 heavy (non-hydrogen) atoms. The van der Waals surface area contributed by atoms with Crippen molar-refractivity contribution < 1.29 is 14.9 Å². The van der Waals surface area contributed by atoms with Gasteiger partial charge in [0, 0.05) is 48.2 Å². The average molecular weight is 558 g/mol. The van der Waals surface area contributed by atoms with Gasteiger partial charge in [0.15, 0.2) is 5.82 Å². The Balaban J connectivity index is 1.43. The lowest BCUT2D eigenvalue weighted by atomic mass is 10.1. The molecule has 216 valence electrons. The van der Waals surface area contributed by atoms with Crippen molar-refractivity contribution in [2.75, 3.05) is 37.4 Å². The molecule has 0 spiro atoms. The van der Waals surface area contributed by atoms with E-state index in [9.17, 15) is 10.2 Å². The number of benzene rings is 1. The molecule has 4 aromatic rings. The molecule has 0 radical (unpaired) electrons. The van der Waals surface area contributed by atoms with E-state index in [1.54, 1.807) is 25.3 Å². The Labute approximate surface area is 240 Å². The predicted molar refractivity (Wildman–Crippen MR) is 161 cm³/mol. The molecule has 1 aromatic carbocycles. The van der Waals surface area contributed by atoms with Crippen LogP contribution in [-0.2, 0) is 13.1 Å². The molecule has 3 aromatic heterocycles. The summed E-state index contributed by atoms with van der Waals surface area (Å²) >= 11 is 0. The van der Waals surface area contributed by atoms with E-state index in [4.69, 9.17) is 24.7 Å². The van der Waals surface area contributed by atoms with Gasteiger partial charge in [0.25, 0.3) is 0 Å². The first-order valence-electron chi connectivity index (χ1n) is 14.4. The number of aromatic nitrogens is 4. The number of phenolic OH excluding ortho intramolecular Hbond substituents is 1. The Morgan fingerprint density at radius 2 is 1.85 bits per heavy atom. The van der Waals surface area contributed by atoms with E-state index in [0.717, 1.165) is 55.7 Å². The molecule has 4 N–H and O–H groups in total. The van der Waals surface area contributed by atoms with Gasteiger partial charge in [-0.15, -0.1) is 0 Å². The van der Waals surface area contributed by atoms with Crippen LogP contribution >= 0.6 is 0 Å². The van der Waals surface area contributed by atoms with Crippen LogP contribution in [0, 0.1) is 0 Å². The highest BCUT2D eigenvalue weighted by Gasteiger charge is 2.16. The fourth-order valence-corrected chi connectivity index (χ4v) is 5.06. The SMILES string of the molecule is CCCCC(CO)Nc1nc(NCc2ccc(OC)cc2O)nc2cc(-c3ccc(CN4CCCC4)nc3)cnc12. The standard InChI is InChI=1S/C31H39N7O3/c1-3-4-7-25(20-39)35-30-29-27(36-31(37-30)34-17-22-9-11-26(41-2)15-28(22)40)14-23(18-33-29)21-8-10-24(32-16-21)19-38-12-5-6-13-38/h8-11,14-16,18,25,39-40H,3-7,12-13,17,19-20H2,1-2H3,(H2,34,35,36,37). The number of phenols is 1. The van der Waals surface area contributed by atoms with Gasteiger partial charge in [-0.2, -0.15) is 4.98 Å². The summed E-state index contributed by atoms with van der Waals surface area (Å²) in [6, 6.07) is 11.2. The molecule has 10 heteroatoms. The van der Waals surface area contributed by atoms with Crippen LogP contribution in [0.3, 0.4) is 0 Å². The van der Waals surface area contributed by atoms with Crippen LogP contribution in [0.15, 0.2) is 48.8 Å². The Morgan fingerprint density at radius 1 is 1.02 bits per heavy atom. The fourth-order valence-electron chi connectivity index (χ4n) is 5.06. The maximum Gasteiger partial charge on any atom is 0.225 e. The topological polar surface area (TPSA) is 129 Å². The van der Waals surface area contributed by atoms with Gasteiger partial charge in [-0.1, -0.05) is 25.8 Å². The third-order valence-electron chi connectivity index (χ3n) is 7.48. The molecule has 0 aliphatic carbocycles. The van der Waals surface area contributed by atoms with Gasteiger partial charge in [-0.05, 0) is 56.6 Å². The number of hydrogen-bond donors (Lipinski definition) is 4. The summed E-state index contributed by atoms with van der Waals surface area (Å²) in [6.45, 7) is 5.58. The number of unbranched alkanes of at least 4 members (excludes halogenated alkanes) is 1. The quantitative estimate of drug-likeness (QED) is 0.179. The molecule has 4 heterocycles. The molecular weight excluding hydrogens is 518 g/mol. The van der Waals surface area contributed by atoms with E-state index in [1.807, 2.05) is 18.5 Å². The van der Waals surface area contributed by atoms with Gasteiger partial charge in [-0.25, -0.2) is 4.98 Å². The minimum absolute atomic E-state index is 0.0124. The predicted octanol–water partition coefficient (Wildman–Crippen LogP) is 4.97. The summed E-state index contributed by atoms with van der Waals surface area (Å²) in [6.07, 6.45) is 9.07. The van der Waals surface area contributed by atoms with E-state index in [1.165, 1.54) is 12.8 Å². The molecule has 1 unspecified atom stereocenters. The number of nitrogens with zero attached hydrogens (tertiary/aromatic N) is 5. The number of nitrogens with one attached hydrogen (secondary N) is 2. The number of aliphatic hydroxyl groups excluding tert-OH is 1. The average Bonchev–Trinajstić information content (AvgIpc) is 3.51.